The zero-order chi connectivity index (χ0) is 12.6. The second-order valence-corrected chi connectivity index (χ2v) is 2.68. The summed E-state index contributed by atoms with van der Waals surface area (Å²) in [7, 11) is 0. The minimum Gasteiger partial charge on any atom is -0.478 e. The van der Waals surface area contributed by atoms with Gasteiger partial charge in [-0.25, -0.2) is 9.59 Å². The van der Waals surface area contributed by atoms with Crippen LogP contribution in [0.3, 0.4) is 0 Å². The number of carbonyl (C=O) groups is 2. The van der Waals surface area contributed by atoms with Crippen LogP contribution in [0.5, 0.6) is 0 Å². The van der Waals surface area contributed by atoms with Gasteiger partial charge in [0.05, 0.1) is 11.1 Å². The van der Waals surface area contributed by atoms with Crippen LogP contribution in [-0.2, 0) is 0 Å². The highest BCUT2D eigenvalue weighted by atomic mass is 16.4. The molecule has 0 heterocycles. The van der Waals surface area contributed by atoms with Crippen LogP contribution in [0.15, 0.2) is 36.9 Å². The fourth-order valence-corrected chi connectivity index (χ4v) is 0.856. The Morgan fingerprint density at radius 3 is 1.69 bits per heavy atom. The van der Waals surface area contributed by atoms with Gasteiger partial charge in [-0.1, -0.05) is 18.2 Å². The maximum atomic E-state index is 10.5. The number of carboxylic acids is 2. The molecule has 0 unspecified atom stereocenters. The molecule has 5 heteroatoms. The molecule has 1 aromatic rings. The first-order valence-electron chi connectivity index (χ1n) is 4.41. The van der Waals surface area contributed by atoms with Crippen molar-refractivity contribution in [2.45, 2.75) is 0 Å². The zero-order valence-electron chi connectivity index (χ0n) is 8.59. The van der Waals surface area contributed by atoms with Crippen molar-refractivity contribution in [1.82, 2.24) is 0 Å². The second kappa shape index (κ2) is 7.19. The molecule has 0 fully saturated rings. The van der Waals surface area contributed by atoms with Crippen molar-refractivity contribution in [3.8, 4) is 0 Å². The molecule has 4 N–H and O–H groups in total. The lowest BCUT2D eigenvalue weighted by atomic mass is 10.1. The van der Waals surface area contributed by atoms with Crippen molar-refractivity contribution < 1.29 is 19.8 Å². The van der Waals surface area contributed by atoms with Crippen LogP contribution >= 0.6 is 0 Å². The van der Waals surface area contributed by atoms with Gasteiger partial charge in [0.25, 0.3) is 0 Å². The zero-order valence-corrected chi connectivity index (χ0v) is 8.59. The van der Waals surface area contributed by atoms with Gasteiger partial charge in [0.15, 0.2) is 0 Å². The highest BCUT2D eigenvalue weighted by Gasteiger charge is 2.13. The lowest BCUT2D eigenvalue weighted by Gasteiger charge is -1.98. The molecule has 0 aliphatic rings. The lowest BCUT2D eigenvalue weighted by molar-refractivity contribution is 0.0651. The van der Waals surface area contributed by atoms with Crippen molar-refractivity contribution in [3.05, 3.63) is 48.0 Å². The summed E-state index contributed by atoms with van der Waals surface area (Å²) in [6.07, 6.45) is 1.65. The third-order valence-corrected chi connectivity index (χ3v) is 1.55. The maximum Gasteiger partial charge on any atom is 0.336 e. The lowest BCUT2D eigenvalue weighted by Crippen LogP contribution is -2.06. The minimum atomic E-state index is -1.23. The quantitative estimate of drug-likeness (QED) is 0.669. The normalized spacial score (nSPS) is 8.56. The monoisotopic (exact) mass is 223 g/mol. The summed E-state index contributed by atoms with van der Waals surface area (Å²) in [5.41, 5.74) is 4.53. The van der Waals surface area contributed by atoms with Crippen molar-refractivity contribution in [2.75, 3.05) is 6.54 Å². The summed E-state index contributed by atoms with van der Waals surface area (Å²) < 4.78 is 0. The van der Waals surface area contributed by atoms with Gasteiger partial charge in [0, 0.05) is 6.54 Å². The molecule has 1 aromatic carbocycles. The molecule has 0 spiro atoms. The van der Waals surface area contributed by atoms with E-state index in [2.05, 4.69) is 6.58 Å². The molecule has 0 amide bonds. The Kier molecular flexibility index (Phi) is 6.23. The maximum absolute atomic E-state index is 10.5. The van der Waals surface area contributed by atoms with Crippen LogP contribution in [0, 0.1) is 0 Å². The van der Waals surface area contributed by atoms with E-state index in [1.165, 1.54) is 24.3 Å². The highest BCUT2D eigenvalue weighted by molar-refractivity contribution is 6.01. The van der Waals surface area contributed by atoms with Crippen LogP contribution < -0.4 is 5.73 Å². The van der Waals surface area contributed by atoms with E-state index in [1.54, 1.807) is 6.08 Å². The molecule has 0 aliphatic heterocycles. The first-order valence-corrected chi connectivity index (χ1v) is 4.41. The molecule has 0 saturated heterocycles. The Bertz CT molecular complexity index is 354. The third kappa shape index (κ3) is 4.39. The van der Waals surface area contributed by atoms with Crippen molar-refractivity contribution in [3.63, 3.8) is 0 Å². The predicted octanol–water partition coefficient (Wildman–Crippen LogP) is 1.21. The van der Waals surface area contributed by atoms with Crippen LogP contribution in [0.1, 0.15) is 20.7 Å². The Hall–Kier alpha value is -2.14. The van der Waals surface area contributed by atoms with Crippen LogP contribution in [0.25, 0.3) is 0 Å². The molecular weight excluding hydrogens is 210 g/mol. The van der Waals surface area contributed by atoms with Gasteiger partial charge in [-0.15, -0.1) is 6.58 Å². The summed E-state index contributed by atoms with van der Waals surface area (Å²) in [5, 5.41) is 17.1. The van der Waals surface area contributed by atoms with E-state index in [-0.39, 0.29) is 11.1 Å². The first kappa shape index (κ1) is 13.9. The average molecular weight is 223 g/mol. The summed E-state index contributed by atoms with van der Waals surface area (Å²) in [6, 6.07) is 5.48. The SMILES string of the molecule is C=CCN.O=C(O)c1ccccc1C(=O)O. The molecule has 0 saturated carbocycles. The van der Waals surface area contributed by atoms with Gasteiger partial charge in [-0.05, 0) is 12.1 Å². The Morgan fingerprint density at radius 1 is 1.19 bits per heavy atom. The molecule has 86 valence electrons. The van der Waals surface area contributed by atoms with Crippen LogP contribution in [0.2, 0.25) is 0 Å². The summed E-state index contributed by atoms with van der Waals surface area (Å²) in [6.45, 7) is 3.94. The van der Waals surface area contributed by atoms with Crippen molar-refractivity contribution >= 4 is 11.9 Å². The van der Waals surface area contributed by atoms with Gasteiger partial charge in [0.2, 0.25) is 0 Å². The van der Waals surface area contributed by atoms with Crippen molar-refractivity contribution in [2.24, 2.45) is 5.73 Å². The number of rotatable bonds is 3. The van der Waals surface area contributed by atoms with E-state index in [1.807, 2.05) is 0 Å². The summed E-state index contributed by atoms with van der Waals surface area (Å²) >= 11 is 0. The van der Waals surface area contributed by atoms with Gasteiger partial charge < -0.3 is 15.9 Å². The van der Waals surface area contributed by atoms with Gasteiger partial charge in [-0.3, -0.25) is 0 Å². The molecule has 0 atom stereocenters. The smallest absolute Gasteiger partial charge is 0.336 e. The van der Waals surface area contributed by atoms with E-state index in [0.29, 0.717) is 6.54 Å². The standard InChI is InChI=1S/C8H6O4.C3H7N/c9-7(10)5-3-1-2-4-6(5)8(11)12;1-2-3-4/h1-4H,(H,9,10)(H,11,12);2H,1,3-4H2. The largest absolute Gasteiger partial charge is 0.478 e. The number of aromatic carboxylic acids is 2. The molecule has 0 aromatic heterocycles. The molecule has 0 aliphatic carbocycles. The molecule has 1 rings (SSSR count). The average Bonchev–Trinajstić information content (AvgIpc) is 2.29. The minimum absolute atomic E-state index is 0.190. The summed E-state index contributed by atoms with van der Waals surface area (Å²) in [4.78, 5) is 20.9. The Balaban J connectivity index is 0.000000487. The molecule has 0 radical (unpaired) electrons. The van der Waals surface area contributed by atoms with E-state index in [0.717, 1.165) is 0 Å². The Labute approximate surface area is 92.8 Å². The molecule has 0 bridgehead atoms. The topological polar surface area (TPSA) is 101 Å². The first-order chi connectivity index (χ1) is 7.54. The highest BCUT2D eigenvalue weighted by Crippen LogP contribution is 2.07. The van der Waals surface area contributed by atoms with Crippen molar-refractivity contribution in [1.29, 1.82) is 0 Å². The fourth-order valence-electron chi connectivity index (χ4n) is 0.856. The van der Waals surface area contributed by atoms with Gasteiger partial charge in [-0.2, -0.15) is 0 Å². The van der Waals surface area contributed by atoms with E-state index < -0.39 is 11.9 Å². The van der Waals surface area contributed by atoms with Gasteiger partial charge >= 0.3 is 11.9 Å². The number of benzene rings is 1. The predicted molar refractivity (Wildman–Crippen MR) is 59.6 cm³/mol. The molecule has 5 nitrogen and oxygen atoms in total. The van der Waals surface area contributed by atoms with E-state index in [4.69, 9.17) is 15.9 Å². The number of carboxylic acid groups (broad SMARTS) is 2. The Morgan fingerprint density at radius 2 is 1.50 bits per heavy atom. The van der Waals surface area contributed by atoms with E-state index >= 15 is 0 Å². The van der Waals surface area contributed by atoms with Crippen LogP contribution in [-0.4, -0.2) is 28.7 Å². The second-order valence-electron chi connectivity index (χ2n) is 2.68. The number of hydrogen-bond acceptors (Lipinski definition) is 3. The van der Waals surface area contributed by atoms with E-state index in [9.17, 15) is 9.59 Å². The third-order valence-electron chi connectivity index (χ3n) is 1.55. The fraction of sp³-hybridized carbons (Fsp3) is 0.0909. The molecular formula is C11H13NO4. The summed E-state index contributed by atoms with van der Waals surface area (Å²) in [5.74, 6) is -2.46. The molecule has 16 heavy (non-hydrogen) atoms. The number of hydrogen-bond donors (Lipinski definition) is 3. The van der Waals surface area contributed by atoms with Crippen LogP contribution in [0.4, 0.5) is 0 Å². The number of nitrogens with two attached hydrogens (primary N) is 1. The van der Waals surface area contributed by atoms with Gasteiger partial charge in [0.1, 0.15) is 0 Å².